The second-order valence-electron chi connectivity index (χ2n) is 7.55. The number of anilines is 1. The van der Waals surface area contributed by atoms with Crippen LogP contribution in [0.15, 0.2) is 52.7 Å². The zero-order valence-electron chi connectivity index (χ0n) is 17.1. The van der Waals surface area contributed by atoms with Gasteiger partial charge in [-0.1, -0.05) is 12.1 Å². The fourth-order valence-electron chi connectivity index (χ4n) is 3.59. The molecule has 0 saturated carbocycles. The van der Waals surface area contributed by atoms with Crippen molar-refractivity contribution in [2.45, 2.75) is 37.6 Å². The Labute approximate surface area is 184 Å². The van der Waals surface area contributed by atoms with Crippen LogP contribution in [0.1, 0.15) is 24.0 Å². The Balaban J connectivity index is 1.51. The predicted octanol–water partition coefficient (Wildman–Crippen LogP) is 4.36. The SMILES string of the molecule is Cc1ccc(-c2csc(NC(=O)C3CCCN3S(=O)(=O)c3ccc(F)cc3)n2)cc1C. The highest BCUT2D eigenvalue weighted by molar-refractivity contribution is 7.89. The number of hydrogen-bond acceptors (Lipinski definition) is 5. The third kappa shape index (κ3) is 4.39. The Hall–Kier alpha value is -2.62. The molecule has 0 bridgehead atoms. The Morgan fingerprint density at radius 1 is 1.16 bits per heavy atom. The summed E-state index contributed by atoms with van der Waals surface area (Å²) >= 11 is 1.30. The van der Waals surface area contributed by atoms with Gasteiger partial charge >= 0.3 is 0 Å². The van der Waals surface area contributed by atoms with Gasteiger partial charge in [0.25, 0.3) is 0 Å². The molecule has 1 aliphatic heterocycles. The molecule has 6 nitrogen and oxygen atoms in total. The quantitative estimate of drug-likeness (QED) is 0.615. The van der Waals surface area contributed by atoms with E-state index < -0.39 is 27.8 Å². The molecule has 0 radical (unpaired) electrons. The summed E-state index contributed by atoms with van der Waals surface area (Å²) in [6.07, 6.45) is 0.992. The lowest BCUT2D eigenvalue weighted by Gasteiger charge is -2.23. The molecule has 2 aromatic carbocycles. The summed E-state index contributed by atoms with van der Waals surface area (Å²) in [6.45, 7) is 4.31. The van der Waals surface area contributed by atoms with Gasteiger partial charge in [-0.3, -0.25) is 4.79 Å². The number of aryl methyl sites for hydroxylation is 2. The molecule has 31 heavy (non-hydrogen) atoms. The third-order valence-electron chi connectivity index (χ3n) is 5.46. The zero-order valence-corrected chi connectivity index (χ0v) is 18.8. The maximum absolute atomic E-state index is 13.2. The summed E-state index contributed by atoms with van der Waals surface area (Å²) in [5.41, 5.74) is 4.06. The minimum Gasteiger partial charge on any atom is -0.301 e. The largest absolute Gasteiger partial charge is 0.301 e. The molecule has 9 heteroatoms. The minimum absolute atomic E-state index is 0.0279. The van der Waals surface area contributed by atoms with Crippen LogP contribution in [0.2, 0.25) is 0 Å². The molecule has 1 aromatic heterocycles. The van der Waals surface area contributed by atoms with Gasteiger partial charge in [0.1, 0.15) is 11.9 Å². The number of sulfonamides is 1. The molecule has 1 fully saturated rings. The van der Waals surface area contributed by atoms with Crippen molar-refractivity contribution in [2.24, 2.45) is 0 Å². The van der Waals surface area contributed by atoms with Crippen molar-refractivity contribution in [3.8, 4) is 11.3 Å². The molecule has 0 spiro atoms. The number of halogens is 1. The molecule has 1 aliphatic rings. The summed E-state index contributed by atoms with van der Waals surface area (Å²) in [4.78, 5) is 17.4. The van der Waals surface area contributed by atoms with Gasteiger partial charge in [0.15, 0.2) is 5.13 Å². The average molecular weight is 460 g/mol. The Morgan fingerprint density at radius 2 is 1.90 bits per heavy atom. The molecule has 1 atom stereocenters. The molecular formula is C22H22FN3O3S2. The van der Waals surface area contributed by atoms with Crippen LogP contribution in [0.25, 0.3) is 11.3 Å². The topological polar surface area (TPSA) is 79.4 Å². The average Bonchev–Trinajstić information content (AvgIpc) is 3.40. The number of amides is 1. The summed E-state index contributed by atoms with van der Waals surface area (Å²) in [6, 6.07) is 9.86. The fourth-order valence-corrected chi connectivity index (χ4v) is 5.96. The number of carbonyl (C=O) groups excluding carboxylic acids is 1. The van der Waals surface area contributed by atoms with Crippen LogP contribution >= 0.6 is 11.3 Å². The van der Waals surface area contributed by atoms with Crippen molar-refractivity contribution in [2.75, 3.05) is 11.9 Å². The lowest BCUT2D eigenvalue weighted by Crippen LogP contribution is -2.43. The smallest absolute Gasteiger partial charge is 0.244 e. The van der Waals surface area contributed by atoms with Gasteiger partial charge < -0.3 is 5.32 Å². The summed E-state index contributed by atoms with van der Waals surface area (Å²) in [5.74, 6) is -0.929. The van der Waals surface area contributed by atoms with E-state index in [1.165, 1.54) is 33.3 Å². The minimum atomic E-state index is -3.90. The zero-order chi connectivity index (χ0) is 22.2. The number of rotatable bonds is 5. The monoisotopic (exact) mass is 459 g/mol. The van der Waals surface area contributed by atoms with E-state index in [9.17, 15) is 17.6 Å². The van der Waals surface area contributed by atoms with E-state index in [2.05, 4.69) is 10.3 Å². The highest BCUT2D eigenvalue weighted by Gasteiger charge is 2.39. The second-order valence-corrected chi connectivity index (χ2v) is 10.3. The van der Waals surface area contributed by atoms with Gasteiger partial charge in [0.05, 0.1) is 10.6 Å². The Bertz CT molecular complexity index is 1220. The van der Waals surface area contributed by atoms with E-state index in [1.54, 1.807) is 0 Å². The van der Waals surface area contributed by atoms with Crippen molar-refractivity contribution in [3.63, 3.8) is 0 Å². The van der Waals surface area contributed by atoms with E-state index in [1.807, 2.05) is 37.4 Å². The van der Waals surface area contributed by atoms with Gasteiger partial charge in [-0.15, -0.1) is 11.3 Å². The van der Waals surface area contributed by atoms with E-state index >= 15 is 0 Å². The summed E-state index contributed by atoms with van der Waals surface area (Å²) in [5, 5.41) is 5.05. The molecule has 4 rings (SSSR count). The predicted molar refractivity (Wildman–Crippen MR) is 119 cm³/mol. The first-order valence-corrected chi connectivity index (χ1v) is 12.2. The van der Waals surface area contributed by atoms with E-state index in [0.29, 0.717) is 18.0 Å². The highest BCUT2D eigenvalue weighted by atomic mass is 32.2. The third-order valence-corrected chi connectivity index (χ3v) is 8.14. The molecular weight excluding hydrogens is 437 g/mol. The van der Waals surface area contributed by atoms with Crippen LogP contribution in [0, 0.1) is 19.7 Å². The molecule has 162 valence electrons. The number of nitrogens with one attached hydrogen (secondary N) is 1. The number of nitrogens with zero attached hydrogens (tertiary/aromatic N) is 2. The van der Waals surface area contributed by atoms with Crippen molar-refractivity contribution in [1.29, 1.82) is 0 Å². The van der Waals surface area contributed by atoms with Crippen LogP contribution in [-0.4, -0.2) is 36.2 Å². The number of benzene rings is 2. The standard InChI is InChI=1S/C22H22FN3O3S2/c1-14-5-6-16(12-15(14)2)19-13-30-22(24-19)25-21(27)20-4-3-11-26(20)31(28,29)18-9-7-17(23)8-10-18/h5-10,12-13,20H,3-4,11H2,1-2H3,(H,24,25,27). The van der Waals surface area contributed by atoms with Crippen LogP contribution in [-0.2, 0) is 14.8 Å². The van der Waals surface area contributed by atoms with Crippen molar-refractivity contribution >= 4 is 32.4 Å². The van der Waals surface area contributed by atoms with Gasteiger partial charge in [-0.05, 0) is 68.1 Å². The molecule has 0 aliphatic carbocycles. The van der Waals surface area contributed by atoms with Crippen molar-refractivity contribution < 1.29 is 17.6 Å². The molecule has 1 N–H and O–H groups in total. The van der Waals surface area contributed by atoms with Gasteiger partial charge in [-0.25, -0.2) is 17.8 Å². The van der Waals surface area contributed by atoms with Crippen LogP contribution in [0.4, 0.5) is 9.52 Å². The lowest BCUT2D eigenvalue weighted by molar-refractivity contribution is -0.119. The van der Waals surface area contributed by atoms with Gasteiger partial charge in [-0.2, -0.15) is 4.31 Å². The lowest BCUT2D eigenvalue weighted by atomic mass is 10.1. The van der Waals surface area contributed by atoms with E-state index in [0.717, 1.165) is 29.0 Å². The summed E-state index contributed by atoms with van der Waals surface area (Å²) < 4.78 is 40.3. The van der Waals surface area contributed by atoms with Gasteiger partial charge in [0.2, 0.25) is 15.9 Å². The molecule has 1 unspecified atom stereocenters. The summed E-state index contributed by atoms with van der Waals surface area (Å²) in [7, 11) is -3.90. The normalized spacial score (nSPS) is 17.1. The van der Waals surface area contributed by atoms with E-state index in [4.69, 9.17) is 0 Å². The fraction of sp³-hybridized carbons (Fsp3) is 0.273. The van der Waals surface area contributed by atoms with E-state index in [-0.39, 0.29) is 11.4 Å². The first-order valence-electron chi connectivity index (χ1n) is 9.87. The first kappa shape index (κ1) is 21.6. The van der Waals surface area contributed by atoms with Crippen molar-refractivity contribution in [1.82, 2.24) is 9.29 Å². The highest BCUT2D eigenvalue weighted by Crippen LogP contribution is 2.29. The van der Waals surface area contributed by atoms with Crippen LogP contribution in [0.3, 0.4) is 0 Å². The Kier molecular flexibility index (Phi) is 5.92. The second kappa shape index (κ2) is 8.49. The number of carbonyl (C=O) groups is 1. The van der Waals surface area contributed by atoms with Gasteiger partial charge in [0, 0.05) is 17.5 Å². The molecule has 1 saturated heterocycles. The maximum atomic E-state index is 13.2. The molecule has 1 amide bonds. The maximum Gasteiger partial charge on any atom is 0.244 e. The van der Waals surface area contributed by atoms with Crippen LogP contribution in [0.5, 0.6) is 0 Å². The number of aromatic nitrogens is 1. The first-order chi connectivity index (χ1) is 14.8. The molecule has 3 aromatic rings. The number of hydrogen-bond donors (Lipinski definition) is 1. The molecule has 2 heterocycles. The van der Waals surface area contributed by atoms with Crippen molar-refractivity contribution in [3.05, 3.63) is 64.8 Å². The Morgan fingerprint density at radius 3 is 2.61 bits per heavy atom. The number of thiazole rings is 1. The van der Waals surface area contributed by atoms with Crippen LogP contribution < -0.4 is 5.32 Å².